The number of aliphatic hydroxyl groups excluding tert-OH is 1. The molecule has 10 rings (SSSR count). The lowest BCUT2D eigenvalue weighted by atomic mass is 9.72. The van der Waals surface area contributed by atoms with E-state index in [-0.39, 0.29) is 124 Å². The Morgan fingerprint density at radius 2 is 1.58 bits per heavy atom. The van der Waals surface area contributed by atoms with Gasteiger partial charge < -0.3 is 88.9 Å². The first-order chi connectivity index (χ1) is 43.2. The zero-order valence-electron chi connectivity index (χ0n) is 49.2. The zero-order valence-corrected chi connectivity index (χ0v) is 49.2. The van der Waals surface area contributed by atoms with E-state index >= 15 is 0 Å². The number of esters is 1. The standard InChI is InChI=1S/C62H65N5O20.CH2O2/c1-32-54(71)39(63)27-47(86-32)87-43-29-62(79,28-37-50(43)59(76)52-51(56(37)73)55(72)36-10-5-11-41(80-2)49(36)58(52)75)44(68)31-85-46(70)14-6-13-45(69)64-17-23-82-24-25-83-34-9-4-8-33(26-34)60(77)66-18-20-67(21-19-66)61(78)57(74)38-30-65-53-35(40-12-7-22-84-40)15-16-42(81-3)48(38)53;2-1-3/h4-5,7-12,15-16,22,26,30,32,39,43,47,54,65,71,73,76,79H,6,13-14,17-21,23-25,27-29,31,63H2,1-3H3,(H,64,69);1H,(H,2,3)/t32-,39-,43-,47-,54+,62-;/m0./s1. The summed E-state index contributed by atoms with van der Waals surface area (Å²) in [7, 11) is 2.78. The molecule has 476 valence electrons. The number of aliphatic hydroxyl groups is 2. The van der Waals surface area contributed by atoms with Gasteiger partial charge in [0.15, 0.2) is 18.7 Å². The number of fused-ring (bicyclic) bond motifs is 4. The van der Waals surface area contributed by atoms with Crippen LogP contribution in [0.25, 0.3) is 22.2 Å². The van der Waals surface area contributed by atoms with Crippen molar-refractivity contribution in [2.24, 2.45) is 5.73 Å². The van der Waals surface area contributed by atoms with Crippen LogP contribution in [0.2, 0.25) is 0 Å². The molecule has 0 spiro atoms. The van der Waals surface area contributed by atoms with Gasteiger partial charge in [-0.1, -0.05) is 18.2 Å². The number of phenols is 2. The summed E-state index contributed by atoms with van der Waals surface area (Å²) in [5, 5.41) is 56.2. The lowest BCUT2D eigenvalue weighted by Crippen LogP contribution is -2.53. The van der Waals surface area contributed by atoms with Crippen LogP contribution < -0.4 is 25.3 Å². The second-order valence-corrected chi connectivity index (χ2v) is 21.6. The minimum absolute atomic E-state index is 0.0360. The number of furan rings is 1. The average Bonchev–Trinajstić information content (AvgIpc) is 0.881. The highest BCUT2D eigenvalue weighted by Gasteiger charge is 2.51. The summed E-state index contributed by atoms with van der Waals surface area (Å²) in [6, 6.07) is 17.1. The number of Topliss-reactive ketones (excluding diaryl/α,β-unsaturated/α-hetero) is 2. The molecule has 9 N–H and O–H groups in total. The Hall–Kier alpha value is -9.51. The molecule has 2 aromatic heterocycles. The van der Waals surface area contributed by atoms with Gasteiger partial charge in [-0.3, -0.25) is 43.2 Å². The van der Waals surface area contributed by atoms with Crippen molar-refractivity contribution in [3.8, 4) is 40.1 Å². The Morgan fingerprint density at radius 1 is 0.856 bits per heavy atom. The Balaban J connectivity index is 0.00000314. The van der Waals surface area contributed by atoms with E-state index in [1.54, 1.807) is 66.6 Å². The number of rotatable bonds is 22. The highest BCUT2D eigenvalue weighted by atomic mass is 16.7. The van der Waals surface area contributed by atoms with Gasteiger partial charge in [0.2, 0.25) is 17.5 Å². The predicted molar refractivity (Wildman–Crippen MR) is 313 cm³/mol. The number of piperazine rings is 1. The van der Waals surface area contributed by atoms with Crippen LogP contribution >= 0.6 is 0 Å². The summed E-state index contributed by atoms with van der Waals surface area (Å²) in [6.45, 7) is 1.56. The molecule has 90 heavy (non-hydrogen) atoms. The normalized spacial score (nSPS) is 20.1. The van der Waals surface area contributed by atoms with Crippen LogP contribution in [0, 0.1) is 0 Å². The van der Waals surface area contributed by atoms with Gasteiger partial charge in [-0.25, -0.2) is 0 Å². The summed E-state index contributed by atoms with van der Waals surface area (Å²) in [5.41, 5.74) is 3.68. The molecular weight excluding hydrogens is 1180 g/mol. The number of amides is 3. The zero-order chi connectivity index (χ0) is 64.6. The van der Waals surface area contributed by atoms with Crippen LogP contribution in [0.1, 0.15) is 109 Å². The summed E-state index contributed by atoms with van der Waals surface area (Å²) >= 11 is 0. The van der Waals surface area contributed by atoms with Crippen molar-refractivity contribution in [2.45, 2.75) is 81.7 Å². The molecule has 0 radical (unpaired) electrons. The average molecular weight is 1250 g/mol. The van der Waals surface area contributed by atoms with Crippen LogP contribution in [0.4, 0.5) is 0 Å². The van der Waals surface area contributed by atoms with Gasteiger partial charge in [0.1, 0.15) is 46.7 Å². The van der Waals surface area contributed by atoms with Crippen LogP contribution in [0.15, 0.2) is 83.6 Å². The molecule has 3 amide bonds. The SMILES string of the molecule is COc1cccc2c1C(=O)c1c(O)c3c(c(O)c1C2=O)C[C@@](O)(C(=O)COC(=O)CCCC(=O)NCCOCCOc1cccc(C(=O)N2CCN(C(=O)C(=O)c4c[nH]c5c(-c6ccco6)ccc(OC)c45)CC2)c1)C[C@@H]3O[C@H]1C[C@H](N)[C@H](O)[C@H](C)O1.O=CO. The van der Waals surface area contributed by atoms with Gasteiger partial charge >= 0.3 is 5.97 Å². The first-order valence-electron chi connectivity index (χ1n) is 28.8. The van der Waals surface area contributed by atoms with Crippen molar-refractivity contribution in [1.29, 1.82) is 0 Å². The second kappa shape index (κ2) is 28.3. The number of carboxylic acid groups (broad SMARTS) is 1. The number of ketones is 4. The van der Waals surface area contributed by atoms with Crippen LogP contribution in [-0.2, 0) is 49.3 Å². The predicted octanol–water partition coefficient (Wildman–Crippen LogP) is 3.55. The fourth-order valence-electron chi connectivity index (χ4n) is 11.5. The number of nitrogens with zero attached hydrogens (tertiary/aromatic N) is 2. The number of aromatic nitrogens is 1. The Morgan fingerprint density at radius 3 is 2.29 bits per heavy atom. The highest BCUT2D eigenvalue weighted by molar-refractivity contribution is 6.45. The molecule has 2 aliphatic heterocycles. The van der Waals surface area contributed by atoms with Gasteiger partial charge in [0, 0.05) is 105 Å². The van der Waals surface area contributed by atoms with E-state index in [2.05, 4.69) is 10.3 Å². The third-order valence-corrected chi connectivity index (χ3v) is 16.1. The fraction of sp³-hybridized carbons (Fsp3) is 0.381. The third-order valence-electron chi connectivity index (χ3n) is 16.1. The molecule has 0 bridgehead atoms. The molecule has 6 aromatic rings. The lowest BCUT2D eigenvalue weighted by Gasteiger charge is -2.42. The van der Waals surface area contributed by atoms with Gasteiger partial charge in [-0.15, -0.1) is 0 Å². The van der Waals surface area contributed by atoms with Crippen molar-refractivity contribution < 1.29 is 106 Å². The number of methoxy groups -OCH3 is 2. The van der Waals surface area contributed by atoms with E-state index in [0.717, 1.165) is 0 Å². The van der Waals surface area contributed by atoms with E-state index < -0.39 is 119 Å². The smallest absolute Gasteiger partial charge is 0.306 e. The van der Waals surface area contributed by atoms with E-state index in [4.69, 9.17) is 53.2 Å². The summed E-state index contributed by atoms with van der Waals surface area (Å²) in [6.07, 6.45) is -3.23. The molecule has 0 saturated carbocycles. The molecule has 2 fully saturated rings. The number of phenolic OH excluding ortho intramolecular Hbond substituents is 2. The summed E-state index contributed by atoms with van der Waals surface area (Å²) in [4.78, 5) is 123. The number of carbonyl (C=O) groups excluding carboxylic acids is 8. The van der Waals surface area contributed by atoms with E-state index in [1.807, 2.05) is 0 Å². The number of carbonyl (C=O) groups is 9. The molecule has 0 unspecified atom stereocenters. The maximum atomic E-state index is 14.1. The van der Waals surface area contributed by atoms with E-state index in [1.165, 1.54) is 43.5 Å². The number of H-pyrrole nitrogens is 1. The van der Waals surface area contributed by atoms with Crippen molar-refractivity contribution in [2.75, 3.05) is 73.4 Å². The molecular formula is C63H67N5O22. The topological polar surface area (TPSA) is 393 Å². The van der Waals surface area contributed by atoms with E-state index in [9.17, 15) is 58.8 Å². The van der Waals surface area contributed by atoms with Gasteiger partial charge in [-0.2, -0.15) is 0 Å². The van der Waals surface area contributed by atoms with Gasteiger partial charge in [0.05, 0.1) is 85.2 Å². The molecule has 2 aliphatic carbocycles. The second-order valence-electron chi connectivity index (χ2n) is 21.6. The summed E-state index contributed by atoms with van der Waals surface area (Å²) in [5.74, 6) is -5.71. The molecule has 2 saturated heterocycles. The molecule has 4 aromatic carbocycles. The number of nitrogens with two attached hydrogens (primary N) is 1. The lowest BCUT2D eigenvalue weighted by molar-refractivity contribution is -0.247. The van der Waals surface area contributed by atoms with Crippen molar-refractivity contribution in [3.05, 3.63) is 124 Å². The largest absolute Gasteiger partial charge is 0.507 e. The van der Waals surface area contributed by atoms with E-state index in [0.29, 0.717) is 39.3 Å². The third kappa shape index (κ3) is 13.6. The Labute approximate surface area is 513 Å². The molecule has 4 aliphatic rings. The number of ether oxygens (including phenoxy) is 7. The van der Waals surface area contributed by atoms with Crippen molar-refractivity contribution in [3.63, 3.8) is 0 Å². The number of hydrogen-bond donors (Lipinski definition) is 8. The quantitative estimate of drug-likeness (QED) is 0.0120. The van der Waals surface area contributed by atoms with Crippen molar-refractivity contribution >= 4 is 64.2 Å². The number of hydrogen-bond acceptors (Lipinski definition) is 22. The monoisotopic (exact) mass is 1250 g/mol. The fourth-order valence-corrected chi connectivity index (χ4v) is 11.5. The Bertz CT molecular complexity index is 3710. The number of nitrogens with one attached hydrogen (secondary N) is 2. The highest BCUT2D eigenvalue weighted by Crippen LogP contribution is 2.53. The minimum atomic E-state index is -2.44. The number of aromatic amines is 1. The van der Waals surface area contributed by atoms with Crippen molar-refractivity contribution in [1.82, 2.24) is 20.1 Å². The molecule has 4 heterocycles. The Kier molecular flexibility index (Phi) is 20.4. The van der Waals surface area contributed by atoms with Crippen LogP contribution in [-0.4, -0.2) is 197 Å². The van der Waals surface area contributed by atoms with Gasteiger partial charge in [0.25, 0.3) is 24.1 Å². The van der Waals surface area contributed by atoms with Gasteiger partial charge in [-0.05, 0) is 61.9 Å². The summed E-state index contributed by atoms with van der Waals surface area (Å²) < 4.78 is 45.2. The number of benzene rings is 4. The number of aromatic hydroxyl groups is 2. The molecule has 6 atom stereocenters. The molecule has 27 nitrogen and oxygen atoms in total. The van der Waals surface area contributed by atoms with Crippen LogP contribution in [0.5, 0.6) is 28.7 Å². The first kappa shape index (κ1) is 64.9. The molecule has 27 heteroatoms. The minimum Gasteiger partial charge on any atom is -0.507 e. The maximum absolute atomic E-state index is 14.1. The van der Waals surface area contributed by atoms with Crippen LogP contribution in [0.3, 0.4) is 0 Å². The maximum Gasteiger partial charge on any atom is 0.306 e. The first-order valence-corrected chi connectivity index (χ1v) is 28.8.